The van der Waals surface area contributed by atoms with Gasteiger partial charge in [0, 0.05) is 36.6 Å². The minimum atomic E-state index is -0.728. The van der Waals surface area contributed by atoms with Crippen LogP contribution in [0.3, 0.4) is 0 Å². The molecule has 0 bridgehead atoms. The molecule has 0 saturated carbocycles. The minimum absolute atomic E-state index is 0.0923. The summed E-state index contributed by atoms with van der Waals surface area (Å²) in [7, 11) is 0. The van der Waals surface area contributed by atoms with Gasteiger partial charge in [0.2, 0.25) is 11.8 Å². The number of carbonyl (C=O) groups excluding carboxylic acids is 3. The van der Waals surface area contributed by atoms with Gasteiger partial charge in [0.25, 0.3) is 5.91 Å². The van der Waals surface area contributed by atoms with Crippen LogP contribution in [-0.4, -0.2) is 68.1 Å². The van der Waals surface area contributed by atoms with Crippen LogP contribution in [0.1, 0.15) is 31.1 Å². The molecule has 2 aromatic carbocycles. The average molecular weight is 467 g/mol. The highest BCUT2D eigenvalue weighted by molar-refractivity contribution is 5.99. The van der Waals surface area contributed by atoms with E-state index in [-0.39, 0.29) is 30.2 Å². The van der Waals surface area contributed by atoms with Crippen LogP contribution in [0.25, 0.3) is 0 Å². The van der Waals surface area contributed by atoms with Crippen LogP contribution in [0.15, 0.2) is 54.6 Å². The third-order valence-corrected chi connectivity index (χ3v) is 5.81. The third kappa shape index (κ3) is 6.81. The van der Waals surface area contributed by atoms with E-state index in [2.05, 4.69) is 15.5 Å². The summed E-state index contributed by atoms with van der Waals surface area (Å²) in [5.74, 6) is -1.01. The number of amides is 3. The summed E-state index contributed by atoms with van der Waals surface area (Å²) >= 11 is 0. The zero-order chi connectivity index (χ0) is 24.5. The molecule has 3 amide bonds. The number of anilines is 2. The van der Waals surface area contributed by atoms with Crippen LogP contribution in [0.4, 0.5) is 11.4 Å². The van der Waals surface area contributed by atoms with Crippen LogP contribution in [0.5, 0.6) is 0 Å². The molecule has 2 N–H and O–H groups in total. The predicted molar refractivity (Wildman–Crippen MR) is 133 cm³/mol. The lowest BCUT2D eigenvalue weighted by atomic mass is 10.0. The van der Waals surface area contributed by atoms with E-state index in [9.17, 15) is 14.4 Å². The number of benzene rings is 2. The molecule has 1 fully saturated rings. The Labute approximate surface area is 201 Å². The number of hydrogen-bond acceptors (Lipinski definition) is 5. The van der Waals surface area contributed by atoms with E-state index in [1.165, 1.54) is 4.90 Å². The molecule has 8 nitrogen and oxygen atoms in total. The lowest BCUT2D eigenvalue weighted by molar-refractivity contribution is -0.137. The van der Waals surface area contributed by atoms with E-state index in [0.717, 1.165) is 18.8 Å². The quantitative estimate of drug-likeness (QED) is 0.593. The van der Waals surface area contributed by atoms with Crippen LogP contribution in [0, 0.1) is 5.92 Å². The Balaban J connectivity index is 1.59. The molecule has 3 rings (SSSR count). The molecule has 0 aliphatic carbocycles. The Morgan fingerprint density at radius 1 is 1.00 bits per heavy atom. The van der Waals surface area contributed by atoms with Crippen molar-refractivity contribution in [3.8, 4) is 0 Å². The third-order valence-electron chi connectivity index (χ3n) is 5.81. The van der Waals surface area contributed by atoms with Crippen molar-refractivity contribution in [3.05, 3.63) is 60.2 Å². The Morgan fingerprint density at radius 2 is 1.65 bits per heavy atom. The summed E-state index contributed by atoms with van der Waals surface area (Å²) in [6.45, 7) is 8.94. The summed E-state index contributed by atoms with van der Waals surface area (Å²) in [4.78, 5) is 42.2. The Kier molecular flexibility index (Phi) is 9.04. The van der Waals surface area contributed by atoms with E-state index >= 15 is 0 Å². The number of hydrogen-bond donors (Lipinski definition) is 2. The Hall–Kier alpha value is -3.39. The summed E-state index contributed by atoms with van der Waals surface area (Å²) < 4.78 is 5.39. The predicted octanol–water partition coefficient (Wildman–Crippen LogP) is 2.76. The SMILES string of the molecule is CCN(CC(=O)Nc1ccc(N2CCOCC2)cc1)C(=O)C(NC(=O)c1ccccc1)C(C)C. The molecular weight excluding hydrogens is 432 g/mol. The molecule has 0 spiro atoms. The zero-order valence-electron chi connectivity index (χ0n) is 20.1. The number of likely N-dealkylation sites (N-methyl/N-ethyl adjacent to an activating group) is 1. The van der Waals surface area contributed by atoms with Crippen molar-refractivity contribution >= 4 is 29.1 Å². The van der Waals surface area contributed by atoms with Gasteiger partial charge >= 0.3 is 0 Å². The van der Waals surface area contributed by atoms with Gasteiger partial charge in [-0.15, -0.1) is 0 Å². The van der Waals surface area contributed by atoms with Gasteiger partial charge < -0.3 is 25.2 Å². The van der Waals surface area contributed by atoms with Crippen molar-refractivity contribution in [1.82, 2.24) is 10.2 Å². The molecule has 2 aromatic rings. The van der Waals surface area contributed by atoms with E-state index in [0.29, 0.717) is 31.0 Å². The fraction of sp³-hybridized carbons (Fsp3) is 0.423. The molecule has 1 heterocycles. The molecule has 1 unspecified atom stereocenters. The lowest BCUT2D eigenvalue weighted by Crippen LogP contribution is -2.52. The molecular formula is C26H34N4O4. The van der Waals surface area contributed by atoms with Gasteiger partial charge in [0.05, 0.1) is 19.8 Å². The van der Waals surface area contributed by atoms with E-state index in [1.54, 1.807) is 24.3 Å². The highest BCUT2D eigenvalue weighted by Crippen LogP contribution is 2.19. The van der Waals surface area contributed by atoms with Gasteiger partial charge in [-0.2, -0.15) is 0 Å². The maximum atomic E-state index is 13.2. The first-order valence-electron chi connectivity index (χ1n) is 11.8. The largest absolute Gasteiger partial charge is 0.378 e. The van der Waals surface area contributed by atoms with Crippen molar-refractivity contribution in [1.29, 1.82) is 0 Å². The van der Waals surface area contributed by atoms with Gasteiger partial charge in [-0.3, -0.25) is 14.4 Å². The molecule has 34 heavy (non-hydrogen) atoms. The number of ether oxygens (including phenoxy) is 1. The second-order valence-corrected chi connectivity index (χ2v) is 8.61. The monoisotopic (exact) mass is 466 g/mol. The molecule has 1 aliphatic rings. The second-order valence-electron chi connectivity index (χ2n) is 8.61. The van der Waals surface area contributed by atoms with Crippen molar-refractivity contribution in [3.63, 3.8) is 0 Å². The number of carbonyl (C=O) groups is 3. The molecule has 0 radical (unpaired) electrons. The van der Waals surface area contributed by atoms with Gasteiger partial charge in [-0.1, -0.05) is 32.0 Å². The molecule has 1 saturated heterocycles. The van der Waals surface area contributed by atoms with Gasteiger partial charge in [-0.25, -0.2) is 0 Å². The molecule has 1 atom stereocenters. The second kappa shape index (κ2) is 12.2. The van der Waals surface area contributed by atoms with Crippen molar-refractivity contribution in [2.24, 2.45) is 5.92 Å². The number of nitrogens with zero attached hydrogens (tertiary/aromatic N) is 2. The number of nitrogens with one attached hydrogen (secondary N) is 2. The number of rotatable bonds is 9. The summed E-state index contributed by atoms with van der Waals surface area (Å²) in [6, 6.07) is 15.7. The van der Waals surface area contributed by atoms with Gasteiger partial charge in [-0.05, 0) is 49.2 Å². The summed E-state index contributed by atoms with van der Waals surface area (Å²) in [5, 5.41) is 5.70. The van der Waals surface area contributed by atoms with E-state index in [4.69, 9.17) is 4.74 Å². The van der Waals surface area contributed by atoms with E-state index in [1.807, 2.05) is 51.1 Å². The first kappa shape index (κ1) is 25.2. The highest BCUT2D eigenvalue weighted by atomic mass is 16.5. The average Bonchev–Trinajstić information content (AvgIpc) is 2.86. The maximum absolute atomic E-state index is 13.2. The first-order valence-corrected chi connectivity index (χ1v) is 11.8. The zero-order valence-corrected chi connectivity index (χ0v) is 20.1. The Bertz CT molecular complexity index is 957. The smallest absolute Gasteiger partial charge is 0.251 e. The lowest BCUT2D eigenvalue weighted by Gasteiger charge is -2.29. The van der Waals surface area contributed by atoms with Gasteiger partial charge in [0.1, 0.15) is 6.04 Å². The molecule has 0 aromatic heterocycles. The van der Waals surface area contributed by atoms with Crippen molar-refractivity contribution in [2.75, 3.05) is 49.6 Å². The van der Waals surface area contributed by atoms with E-state index < -0.39 is 6.04 Å². The van der Waals surface area contributed by atoms with Crippen LogP contribution in [0.2, 0.25) is 0 Å². The fourth-order valence-electron chi connectivity index (χ4n) is 3.82. The summed E-state index contributed by atoms with van der Waals surface area (Å²) in [6.07, 6.45) is 0. The highest BCUT2D eigenvalue weighted by Gasteiger charge is 2.29. The number of morpholine rings is 1. The van der Waals surface area contributed by atoms with Crippen LogP contribution < -0.4 is 15.5 Å². The standard InChI is InChI=1S/C26H34N4O4/c1-4-29(26(33)24(19(2)3)28-25(32)20-8-6-5-7-9-20)18-23(31)27-21-10-12-22(13-11-21)30-14-16-34-17-15-30/h5-13,19,24H,4,14-18H2,1-3H3,(H,27,31)(H,28,32). The summed E-state index contributed by atoms with van der Waals surface area (Å²) in [5.41, 5.74) is 2.24. The first-order chi connectivity index (χ1) is 16.4. The normalized spacial score (nSPS) is 14.4. The minimum Gasteiger partial charge on any atom is -0.378 e. The molecule has 8 heteroatoms. The van der Waals surface area contributed by atoms with Crippen molar-refractivity contribution in [2.45, 2.75) is 26.8 Å². The van der Waals surface area contributed by atoms with Crippen LogP contribution in [-0.2, 0) is 14.3 Å². The molecule has 182 valence electrons. The molecule has 1 aliphatic heterocycles. The maximum Gasteiger partial charge on any atom is 0.251 e. The van der Waals surface area contributed by atoms with Crippen molar-refractivity contribution < 1.29 is 19.1 Å². The Morgan fingerprint density at radius 3 is 2.24 bits per heavy atom. The van der Waals surface area contributed by atoms with Gasteiger partial charge in [0.15, 0.2) is 0 Å². The van der Waals surface area contributed by atoms with Crippen LogP contribution >= 0.6 is 0 Å². The topological polar surface area (TPSA) is 91.0 Å². The fourth-order valence-corrected chi connectivity index (χ4v) is 3.82.